The number of rotatable bonds is 7. The molecule has 35 heavy (non-hydrogen) atoms. The van der Waals surface area contributed by atoms with Crippen molar-refractivity contribution in [3.8, 4) is 17.6 Å². The molecule has 0 radical (unpaired) electrons. The van der Waals surface area contributed by atoms with Crippen LogP contribution in [-0.4, -0.2) is 30.5 Å². The second-order valence-corrected chi connectivity index (χ2v) is 11.1. The summed E-state index contributed by atoms with van der Waals surface area (Å²) in [7, 11) is 0. The Kier molecular flexibility index (Phi) is 6.73. The summed E-state index contributed by atoms with van der Waals surface area (Å²) >= 11 is 0. The van der Waals surface area contributed by atoms with Gasteiger partial charge in [0, 0.05) is 18.8 Å². The van der Waals surface area contributed by atoms with Gasteiger partial charge in [0.25, 0.3) is 0 Å². The van der Waals surface area contributed by atoms with Crippen molar-refractivity contribution in [3.63, 3.8) is 0 Å². The molecule has 5 rings (SSSR count). The van der Waals surface area contributed by atoms with E-state index in [1.807, 2.05) is 6.20 Å². The van der Waals surface area contributed by atoms with Crippen LogP contribution in [0, 0.1) is 29.1 Å². The molecule has 2 aliphatic rings. The lowest BCUT2D eigenvalue weighted by Crippen LogP contribution is -2.31. The zero-order chi connectivity index (χ0) is 24.5. The van der Waals surface area contributed by atoms with Crippen LogP contribution in [-0.2, 0) is 6.54 Å². The molecule has 0 saturated heterocycles. The first kappa shape index (κ1) is 23.7. The monoisotopic (exact) mass is 471 g/mol. The van der Waals surface area contributed by atoms with Gasteiger partial charge in [0.15, 0.2) is 17.3 Å². The van der Waals surface area contributed by atoms with E-state index in [4.69, 9.17) is 9.97 Å². The van der Waals surface area contributed by atoms with Gasteiger partial charge in [-0.15, -0.1) is 0 Å². The Morgan fingerprint density at radius 2 is 1.86 bits per heavy atom. The van der Waals surface area contributed by atoms with Gasteiger partial charge in [0.2, 0.25) is 5.82 Å². The SMILES string of the molecule is CC1CCC(Cn2c(-c3cc(C(C)C)ccn3)nc3nc(C#N)nc(NC(C)C4CCC4)c32)CC1. The quantitative estimate of drug-likeness (QED) is 0.434. The van der Waals surface area contributed by atoms with E-state index in [9.17, 15) is 5.26 Å². The fourth-order valence-electron chi connectivity index (χ4n) is 5.53. The van der Waals surface area contributed by atoms with E-state index in [0.29, 0.717) is 23.4 Å². The molecule has 0 amide bonds. The number of anilines is 1. The third-order valence-electron chi connectivity index (χ3n) is 8.18. The average Bonchev–Trinajstić information content (AvgIpc) is 3.17. The van der Waals surface area contributed by atoms with Gasteiger partial charge in [-0.1, -0.05) is 40.0 Å². The fraction of sp³-hybridized carbons (Fsp3) is 0.607. The lowest BCUT2D eigenvalue weighted by atomic mass is 9.80. The molecular weight excluding hydrogens is 434 g/mol. The number of imidazole rings is 1. The van der Waals surface area contributed by atoms with Gasteiger partial charge in [-0.25, -0.2) is 4.98 Å². The summed E-state index contributed by atoms with van der Waals surface area (Å²) in [4.78, 5) is 18.9. The molecule has 0 aromatic carbocycles. The van der Waals surface area contributed by atoms with E-state index in [1.165, 1.54) is 50.5 Å². The standard InChI is InChI=1S/C28H37N7/c1-17(2)22-12-13-30-23(14-22)28-34-27-25(35(28)16-20-10-8-18(3)9-11-20)26(32-24(15-29)33-27)31-19(4)21-6-5-7-21/h12-14,17-21H,5-11,16H2,1-4H3,(H,31,32,33). The Labute approximate surface area is 208 Å². The molecule has 0 bridgehead atoms. The van der Waals surface area contributed by atoms with Crippen LogP contribution in [0.3, 0.4) is 0 Å². The first-order valence-electron chi connectivity index (χ1n) is 13.3. The highest BCUT2D eigenvalue weighted by Crippen LogP contribution is 2.36. The van der Waals surface area contributed by atoms with Crippen LogP contribution in [0.4, 0.5) is 5.82 Å². The number of nitrogens with one attached hydrogen (secondary N) is 1. The maximum absolute atomic E-state index is 9.65. The van der Waals surface area contributed by atoms with Crippen LogP contribution >= 0.6 is 0 Å². The topological polar surface area (TPSA) is 92.3 Å². The minimum atomic E-state index is 0.160. The maximum atomic E-state index is 9.65. The number of nitriles is 1. The summed E-state index contributed by atoms with van der Waals surface area (Å²) in [6.45, 7) is 9.84. The summed E-state index contributed by atoms with van der Waals surface area (Å²) in [5.74, 6) is 4.15. The van der Waals surface area contributed by atoms with Gasteiger partial charge < -0.3 is 9.88 Å². The Morgan fingerprint density at radius 3 is 2.51 bits per heavy atom. The van der Waals surface area contributed by atoms with Gasteiger partial charge in [0.05, 0.1) is 0 Å². The lowest BCUT2D eigenvalue weighted by molar-refractivity contribution is 0.267. The highest BCUT2D eigenvalue weighted by Gasteiger charge is 2.28. The lowest BCUT2D eigenvalue weighted by Gasteiger charge is -2.32. The Balaban J connectivity index is 1.64. The summed E-state index contributed by atoms with van der Waals surface area (Å²) in [6, 6.07) is 6.65. The van der Waals surface area contributed by atoms with Gasteiger partial charge >= 0.3 is 0 Å². The van der Waals surface area contributed by atoms with Crippen molar-refractivity contribution in [2.75, 3.05) is 5.32 Å². The second kappa shape index (κ2) is 9.93. The van der Waals surface area contributed by atoms with E-state index < -0.39 is 0 Å². The van der Waals surface area contributed by atoms with Crippen LogP contribution in [0.2, 0.25) is 0 Å². The molecule has 1 unspecified atom stereocenters. The average molecular weight is 472 g/mol. The largest absolute Gasteiger partial charge is 0.365 e. The summed E-state index contributed by atoms with van der Waals surface area (Å²) in [5.41, 5.74) is 3.58. The van der Waals surface area contributed by atoms with Crippen molar-refractivity contribution < 1.29 is 0 Å². The highest BCUT2D eigenvalue weighted by atomic mass is 15.2. The van der Waals surface area contributed by atoms with Crippen LogP contribution in [0.15, 0.2) is 18.3 Å². The smallest absolute Gasteiger partial charge is 0.236 e. The molecule has 2 saturated carbocycles. The van der Waals surface area contributed by atoms with Crippen LogP contribution < -0.4 is 5.32 Å². The minimum Gasteiger partial charge on any atom is -0.365 e. The molecule has 184 valence electrons. The van der Waals surface area contributed by atoms with E-state index in [0.717, 1.165) is 35.3 Å². The molecule has 0 aliphatic heterocycles. The fourth-order valence-corrected chi connectivity index (χ4v) is 5.53. The molecular formula is C28H37N7. The Hall–Kier alpha value is -3.01. The van der Waals surface area contributed by atoms with E-state index in [-0.39, 0.29) is 11.9 Å². The van der Waals surface area contributed by atoms with E-state index >= 15 is 0 Å². The number of nitrogens with zero attached hydrogens (tertiary/aromatic N) is 6. The molecule has 0 spiro atoms. The summed E-state index contributed by atoms with van der Waals surface area (Å²) in [6.07, 6.45) is 10.6. The third-order valence-corrected chi connectivity index (χ3v) is 8.18. The predicted octanol–water partition coefficient (Wildman–Crippen LogP) is 6.31. The molecule has 1 N–H and O–H groups in total. The Morgan fingerprint density at radius 1 is 1.09 bits per heavy atom. The first-order valence-corrected chi connectivity index (χ1v) is 13.3. The van der Waals surface area contributed by atoms with Crippen molar-refractivity contribution >= 4 is 17.0 Å². The molecule has 2 fully saturated rings. The number of fused-ring (bicyclic) bond motifs is 1. The van der Waals surface area contributed by atoms with Gasteiger partial charge in [0.1, 0.15) is 17.3 Å². The number of hydrogen-bond donors (Lipinski definition) is 1. The third kappa shape index (κ3) is 4.89. The number of pyridine rings is 1. The molecule has 1 atom stereocenters. The molecule has 3 heterocycles. The predicted molar refractivity (Wildman–Crippen MR) is 139 cm³/mol. The number of aromatic nitrogens is 5. The van der Waals surface area contributed by atoms with Crippen LogP contribution in [0.25, 0.3) is 22.7 Å². The van der Waals surface area contributed by atoms with Crippen LogP contribution in [0.1, 0.15) is 89.9 Å². The molecule has 2 aliphatic carbocycles. The second-order valence-electron chi connectivity index (χ2n) is 11.1. The summed E-state index contributed by atoms with van der Waals surface area (Å²) < 4.78 is 2.29. The molecule has 7 nitrogen and oxygen atoms in total. The van der Waals surface area contributed by atoms with Gasteiger partial charge in [-0.3, -0.25) is 4.98 Å². The van der Waals surface area contributed by atoms with E-state index in [1.54, 1.807) is 0 Å². The van der Waals surface area contributed by atoms with Crippen molar-refractivity contribution in [1.82, 2.24) is 24.5 Å². The van der Waals surface area contributed by atoms with Crippen molar-refractivity contribution in [2.45, 2.75) is 91.1 Å². The van der Waals surface area contributed by atoms with Crippen LogP contribution in [0.5, 0.6) is 0 Å². The normalized spacial score (nSPS) is 21.6. The first-order chi connectivity index (χ1) is 16.9. The van der Waals surface area contributed by atoms with Crippen molar-refractivity contribution in [1.29, 1.82) is 5.26 Å². The van der Waals surface area contributed by atoms with Crippen molar-refractivity contribution in [3.05, 3.63) is 29.7 Å². The molecule has 3 aromatic heterocycles. The zero-order valence-electron chi connectivity index (χ0n) is 21.5. The minimum absolute atomic E-state index is 0.160. The Bertz CT molecular complexity index is 1230. The maximum Gasteiger partial charge on any atom is 0.236 e. The zero-order valence-corrected chi connectivity index (χ0v) is 21.5. The summed E-state index contributed by atoms with van der Waals surface area (Å²) in [5, 5.41) is 13.3. The number of hydrogen-bond acceptors (Lipinski definition) is 6. The van der Waals surface area contributed by atoms with Gasteiger partial charge in [-0.05, 0) is 74.0 Å². The van der Waals surface area contributed by atoms with E-state index in [2.05, 4.69) is 65.7 Å². The molecule has 3 aromatic rings. The highest BCUT2D eigenvalue weighted by molar-refractivity contribution is 5.87. The van der Waals surface area contributed by atoms with Crippen molar-refractivity contribution in [2.24, 2.45) is 17.8 Å². The molecule has 7 heteroatoms. The van der Waals surface area contributed by atoms with Gasteiger partial charge in [-0.2, -0.15) is 15.2 Å².